The van der Waals surface area contributed by atoms with E-state index in [0.29, 0.717) is 0 Å². The molecule has 0 aliphatic heterocycles. The van der Waals surface area contributed by atoms with E-state index in [1.807, 2.05) is 0 Å². The molecule has 2 atom stereocenters. The Morgan fingerprint density at radius 3 is 2.55 bits per heavy atom. The Bertz CT molecular complexity index is 524. The van der Waals surface area contributed by atoms with Crippen molar-refractivity contribution in [2.75, 3.05) is 11.9 Å². The largest absolute Gasteiger partial charge is 0.465 e. The van der Waals surface area contributed by atoms with Crippen LogP contribution in [0.3, 0.4) is 0 Å². The van der Waals surface area contributed by atoms with Crippen LogP contribution in [0.1, 0.15) is 46.4 Å². The lowest BCUT2D eigenvalue weighted by Crippen LogP contribution is -2.28. The number of carbonyl (C=O) groups excluding carboxylic acids is 2. The first-order valence-corrected chi connectivity index (χ1v) is 7.59. The predicted octanol–water partition coefficient (Wildman–Crippen LogP) is 1.91. The topological polar surface area (TPSA) is 111 Å². The van der Waals surface area contributed by atoms with Gasteiger partial charge in [0.05, 0.1) is 12.7 Å². The van der Waals surface area contributed by atoms with Gasteiger partial charge in [0.25, 0.3) is 0 Å². The number of ether oxygens (including phenoxy) is 2. The summed E-state index contributed by atoms with van der Waals surface area (Å²) in [5.41, 5.74) is -0.634. The van der Waals surface area contributed by atoms with Gasteiger partial charge < -0.3 is 14.6 Å². The van der Waals surface area contributed by atoms with Crippen molar-refractivity contribution in [1.29, 1.82) is 0 Å². The van der Waals surface area contributed by atoms with Gasteiger partial charge in [-0.1, -0.05) is 0 Å². The Kier molecular flexibility index (Phi) is 6.24. The highest BCUT2D eigenvalue weighted by molar-refractivity contribution is 7.09. The molecule has 124 valence electrons. The first-order valence-electron chi connectivity index (χ1n) is 6.82. The number of nitrogens with one attached hydrogen (secondary N) is 1. The molecule has 2 N–H and O–H groups in total. The highest BCUT2D eigenvalue weighted by atomic mass is 32.1. The molecule has 9 heteroatoms. The summed E-state index contributed by atoms with van der Waals surface area (Å²) >= 11 is 0.893. The van der Waals surface area contributed by atoms with E-state index < -0.39 is 29.7 Å². The van der Waals surface area contributed by atoms with Gasteiger partial charge in [-0.25, -0.2) is 9.78 Å². The van der Waals surface area contributed by atoms with Gasteiger partial charge in [0.2, 0.25) is 5.13 Å². The van der Waals surface area contributed by atoms with Crippen LogP contribution >= 0.6 is 11.5 Å². The molecule has 1 aromatic rings. The number of rotatable bonds is 5. The third-order valence-electron chi connectivity index (χ3n) is 2.35. The Morgan fingerprint density at radius 2 is 2.05 bits per heavy atom. The molecule has 0 radical (unpaired) electrons. The first kappa shape index (κ1) is 18.3. The van der Waals surface area contributed by atoms with Crippen molar-refractivity contribution in [1.82, 2.24) is 9.36 Å². The van der Waals surface area contributed by atoms with Crippen LogP contribution < -0.4 is 5.32 Å². The minimum absolute atomic E-state index is 0.101. The van der Waals surface area contributed by atoms with Gasteiger partial charge in [0.15, 0.2) is 5.82 Å². The van der Waals surface area contributed by atoms with Crippen LogP contribution in [0.4, 0.5) is 9.93 Å². The molecule has 0 saturated carbocycles. The van der Waals surface area contributed by atoms with E-state index in [0.717, 1.165) is 11.5 Å². The SMILES string of the molecule is CCOC(=O)C(c1nsc(NC(=O)OC(C)(C)C)n1)C(C)O. The number of nitrogens with zero attached hydrogens (tertiary/aromatic N) is 2. The minimum atomic E-state index is -1.01. The lowest BCUT2D eigenvalue weighted by atomic mass is 10.0. The summed E-state index contributed by atoms with van der Waals surface area (Å²) in [5, 5.41) is 12.3. The van der Waals surface area contributed by atoms with Gasteiger partial charge in [-0.15, -0.1) is 0 Å². The molecule has 0 fully saturated rings. The van der Waals surface area contributed by atoms with Crippen LogP contribution in [-0.2, 0) is 14.3 Å². The van der Waals surface area contributed by atoms with Crippen LogP contribution in [0.2, 0.25) is 0 Å². The van der Waals surface area contributed by atoms with Crippen LogP contribution in [0.15, 0.2) is 0 Å². The van der Waals surface area contributed by atoms with E-state index >= 15 is 0 Å². The van der Waals surface area contributed by atoms with Gasteiger partial charge >= 0.3 is 12.1 Å². The molecule has 0 saturated heterocycles. The van der Waals surface area contributed by atoms with E-state index in [9.17, 15) is 14.7 Å². The Balaban J connectivity index is 2.81. The van der Waals surface area contributed by atoms with Gasteiger partial charge in [-0.05, 0) is 34.6 Å². The summed E-state index contributed by atoms with van der Waals surface area (Å²) in [7, 11) is 0. The fourth-order valence-electron chi connectivity index (χ4n) is 1.55. The molecule has 0 spiro atoms. The summed E-state index contributed by atoms with van der Waals surface area (Å²) < 4.78 is 14.0. The van der Waals surface area contributed by atoms with Crippen molar-refractivity contribution in [3.8, 4) is 0 Å². The van der Waals surface area contributed by atoms with E-state index in [4.69, 9.17) is 9.47 Å². The molecule has 0 aromatic carbocycles. The average Bonchev–Trinajstić information content (AvgIpc) is 2.74. The van der Waals surface area contributed by atoms with Gasteiger partial charge in [0, 0.05) is 11.5 Å². The molecule has 1 rings (SSSR count). The van der Waals surface area contributed by atoms with Gasteiger partial charge in [-0.3, -0.25) is 10.1 Å². The fraction of sp³-hybridized carbons (Fsp3) is 0.692. The number of esters is 1. The Labute approximate surface area is 133 Å². The number of hydrogen-bond donors (Lipinski definition) is 2. The summed E-state index contributed by atoms with van der Waals surface area (Å²) in [6.07, 6.45) is -1.68. The zero-order valence-electron chi connectivity index (χ0n) is 13.2. The van der Waals surface area contributed by atoms with Crippen LogP contribution in [-0.4, -0.2) is 44.8 Å². The highest BCUT2D eigenvalue weighted by Crippen LogP contribution is 2.23. The quantitative estimate of drug-likeness (QED) is 0.793. The molecule has 0 aliphatic carbocycles. The summed E-state index contributed by atoms with van der Waals surface area (Å²) in [4.78, 5) is 27.5. The standard InChI is InChI=1S/C13H21N3O5S/c1-6-20-10(18)8(7(2)17)9-14-11(22-16-9)15-12(19)21-13(3,4)5/h7-8,17H,6H2,1-5H3,(H,14,15,16,19). The second kappa shape index (κ2) is 7.50. The van der Waals surface area contributed by atoms with Crippen LogP contribution in [0.25, 0.3) is 0 Å². The summed E-state index contributed by atoms with van der Waals surface area (Å²) in [6.45, 7) is 8.52. The highest BCUT2D eigenvalue weighted by Gasteiger charge is 2.31. The molecule has 1 aromatic heterocycles. The lowest BCUT2D eigenvalue weighted by molar-refractivity contribution is -0.147. The van der Waals surface area contributed by atoms with Crippen molar-refractivity contribution in [2.45, 2.75) is 52.2 Å². The molecule has 2 unspecified atom stereocenters. The molecule has 1 heterocycles. The molecule has 0 aliphatic rings. The van der Waals surface area contributed by atoms with E-state index in [2.05, 4.69) is 14.7 Å². The Morgan fingerprint density at radius 1 is 1.41 bits per heavy atom. The normalized spacial score (nSPS) is 14.1. The zero-order chi connectivity index (χ0) is 16.9. The summed E-state index contributed by atoms with van der Waals surface area (Å²) in [5.74, 6) is -1.51. The summed E-state index contributed by atoms with van der Waals surface area (Å²) in [6, 6.07) is 0. The first-order chi connectivity index (χ1) is 10.1. The minimum Gasteiger partial charge on any atom is -0.465 e. The molecular weight excluding hydrogens is 310 g/mol. The van der Waals surface area contributed by atoms with E-state index in [1.54, 1.807) is 27.7 Å². The number of carbonyl (C=O) groups is 2. The zero-order valence-corrected chi connectivity index (χ0v) is 14.1. The van der Waals surface area contributed by atoms with Crippen molar-refractivity contribution >= 4 is 28.7 Å². The molecular formula is C13H21N3O5S. The second-order valence-corrected chi connectivity index (χ2v) is 6.31. The number of hydrogen-bond acceptors (Lipinski definition) is 8. The fourth-order valence-corrected chi connectivity index (χ4v) is 2.15. The maximum Gasteiger partial charge on any atom is 0.414 e. The second-order valence-electron chi connectivity index (χ2n) is 5.55. The van der Waals surface area contributed by atoms with Gasteiger partial charge in [0.1, 0.15) is 11.5 Å². The van der Waals surface area contributed by atoms with Crippen molar-refractivity contribution < 1.29 is 24.2 Å². The monoisotopic (exact) mass is 331 g/mol. The third-order valence-corrected chi connectivity index (χ3v) is 3.00. The number of aliphatic hydroxyl groups is 1. The predicted molar refractivity (Wildman–Crippen MR) is 80.8 cm³/mol. The number of aliphatic hydroxyl groups excluding tert-OH is 1. The molecule has 22 heavy (non-hydrogen) atoms. The number of amides is 1. The van der Waals surface area contributed by atoms with Crippen molar-refractivity contribution in [3.05, 3.63) is 5.82 Å². The van der Waals surface area contributed by atoms with Crippen LogP contribution in [0, 0.1) is 0 Å². The Hall–Kier alpha value is -1.74. The van der Waals surface area contributed by atoms with Gasteiger partial charge in [-0.2, -0.15) is 4.37 Å². The van der Waals surface area contributed by atoms with E-state index in [1.165, 1.54) is 6.92 Å². The maximum absolute atomic E-state index is 11.8. The van der Waals surface area contributed by atoms with Crippen molar-refractivity contribution in [2.24, 2.45) is 0 Å². The maximum atomic E-state index is 11.8. The number of anilines is 1. The average molecular weight is 331 g/mol. The molecule has 1 amide bonds. The smallest absolute Gasteiger partial charge is 0.414 e. The van der Waals surface area contributed by atoms with Crippen LogP contribution in [0.5, 0.6) is 0 Å². The number of aromatic nitrogens is 2. The third kappa shape index (κ3) is 5.57. The molecule has 8 nitrogen and oxygen atoms in total. The van der Waals surface area contributed by atoms with E-state index in [-0.39, 0.29) is 17.6 Å². The molecule has 0 bridgehead atoms. The van der Waals surface area contributed by atoms with Crippen molar-refractivity contribution in [3.63, 3.8) is 0 Å². The lowest BCUT2D eigenvalue weighted by Gasteiger charge is -2.18.